The van der Waals surface area contributed by atoms with Gasteiger partial charge in [0.1, 0.15) is 16.6 Å². The highest BCUT2D eigenvalue weighted by molar-refractivity contribution is 8.14. The lowest BCUT2D eigenvalue weighted by atomic mass is 10.4. The Morgan fingerprint density at radius 2 is 2.38 bits per heavy atom. The average Bonchev–Trinajstić information content (AvgIpc) is 2.52. The molecule has 0 unspecified atom stereocenters. The molecule has 1 aromatic heterocycles. The van der Waals surface area contributed by atoms with Gasteiger partial charge in [-0.3, -0.25) is 9.98 Å². The summed E-state index contributed by atoms with van der Waals surface area (Å²) in [6.07, 6.45) is 3.23. The van der Waals surface area contributed by atoms with Gasteiger partial charge in [-0.15, -0.1) is 11.8 Å². The van der Waals surface area contributed by atoms with Gasteiger partial charge in [-0.2, -0.15) is 0 Å². The van der Waals surface area contributed by atoms with Crippen LogP contribution in [-0.2, 0) is 0 Å². The van der Waals surface area contributed by atoms with Crippen molar-refractivity contribution >= 4 is 22.6 Å². The highest BCUT2D eigenvalue weighted by Gasteiger charge is 2.16. The fraction of sp³-hybridized carbons (Fsp3) is 0.375. The molecule has 0 saturated heterocycles. The minimum absolute atomic E-state index is 0.378. The third kappa shape index (κ3) is 1.80. The second kappa shape index (κ2) is 3.33. The lowest BCUT2D eigenvalue weighted by molar-refractivity contribution is 0.864. The molecular weight excluding hydrogens is 184 g/mol. The summed E-state index contributed by atoms with van der Waals surface area (Å²) in [6, 6.07) is 0.378. The largest absolute Gasteiger partial charge is 0.382 e. The Kier molecular flexibility index (Phi) is 2.18. The molecule has 1 atom stereocenters. The van der Waals surface area contributed by atoms with Crippen molar-refractivity contribution in [3.05, 3.63) is 18.1 Å². The summed E-state index contributed by atoms with van der Waals surface area (Å²) in [5.41, 5.74) is 6.31. The number of aliphatic imine (C=N–C) groups is 1. The summed E-state index contributed by atoms with van der Waals surface area (Å²) in [5, 5.41) is 0.951. The van der Waals surface area contributed by atoms with Crippen LogP contribution >= 0.6 is 11.8 Å². The van der Waals surface area contributed by atoms with E-state index in [0.29, 0.717) is 11.9 Å². The molecule has 0 aliphatic carbocycles. The molecule has 0 amide bonds. The minimum atomic E-state index is 0.378. The first-order chi connectivity index (χ1) is 6.25. The highest BCUT2D eigenvalue weighted by Crippen LogP contribution is 2.21. The van der Waals surface area contributed by atoms with Crippen molar-refractivity contribution in [2.24, 2.45) is 4.99 Å². The molecule has 13 heavy (non-hydrogen) atoms. The van der Waals surface area contributed by atoms with E-state index in [0.717, 1.165) is 16.5 Å². The average molecular weight is 194 g/mol. The van der Waals surface area contributed by atoms with Crippen molar-refractivity contribution in [3.8, 4) is 0 Å². The van der Waals surface area contributed by atoms with Crippen LogP contribution in [0.5, 0.6) is 0 Å². The quantitative estimate of drug-likeness (QED) is 0.722. The fourth-order valence-electron chi connectivity index (χ4n) is 1.10. The molecule has 0 bridgehead atoms. The number of rotatable bonds is 1. The van der Waals surface area contributed by atoms with E-state index < -0.39 is 0 Å². The molecule has 0 radical (unpaired) electrons. The normalized spacial score (nSPS) is 21.6. The van der Waals surface area contributed by atoms with Gasteiger partial charge in [0.25, 0.3) is 0 Å². The van der Waals surface area contributed by atoms with E-state index in [-0.39, 0.29) is 0 Å². The standard InChI is InChI=1S/C8H10N4S/c1-5-4-13-8(11-5)6-2-10-3-7(9)12-6/h2-3,5H,4H2,1H3,(H2,9,12)/t5-/m1/s1. The van der Waals surface area contributed by atoms with Gasteiger partial charge in [-0.1, -0.05) is 0 Å². The van der Waals surface area contributed by atoms with Gasteiger partial charge in [0, 0.05) is 5.75 Å². The van der Waals surface area contributed by atoms with Crippen LogP contribution in [0.3, 0.4) is 0 Å². The third-order valence-corrected chi connectivity index (χ3v) is 2.91. The van der Waals surface area contributed by atoms with Crippen LogP contribution in [0.4, 0.5) is 5.82 Å². The SMILES string of the molecule is C[C@@H]1CSC(c2cncc(N)n2)=N1. The maximum absolute atomic E-state index is 5.52. The van der Waals surface area contributed by atoms with E-state index in [1.54, 1.807) is 18.0 Å². The summed E-state index contributed by atoms with van der Waals surface area (Å²) in [7, 11) is 0. The Bertz CT molecular complexity index is 350. The van der Waals surface area contributed by atoms with Crippen LogP contribution in [-0.4, -0.2) is 26.8 Å². The van der Waals surface area contributed by atoms with E-state index in [4.69, 9.17) is 5.73 Å². The number of nitrogens with zero attached hydrogens (tertiary/aromatic N) is 3. The summed E-state index contributed by atoms with van der Waals surface area (Å²) in [4.78, 5) is 12.5. The van der Waals surface area contributed by atoms with Crippen LogP contribution in [0.15, 0.2) is 17.4 Å². The van der Waals surface area contributed by atoms with E-state index in [2.05, 4.69) is 21.9 Å². The number of nitrogen functional groups attached to an aromatic ring is 1. The van der Waals surface area contributed by atoms with Crippen LogP contribution < -0.4 is 5.73 Å². The first kappa shape index (κ1) is 8.50. The number of hydrogen-bond donors (Lipinski definition) is 1. The lowest BCUT2D eigenvalue weighted by Gasteiger charge is -1.97. The number of hydrogen-bond acceptors (Lipinski definition) is 5. The first-order valence-electron chi connectivity index (χ1n) is 4.04. The fourth-order valence-corrected chi connectivity index (χ4v) is 2.07. The Morgan fingerprint density at radius 1 is 1.54 bits per heavy atom. The molecule has 1 aromatic rings. The predicted octanol–water partition coefficient (Wildman–Crippen LogP) is 0.941. The first-order valence-corrected chi connectivity index (χ1v) is 5.03. The smallest absolute Gasteiger partial charge is 0.142 e. The van der Waals surface area contributed by atoms with Gasteiger partial charge in [-0.05, 0) is 6.92 Å². The summed E-state index contributed by atoms with van der Waals surface area (Å²) >= 11 is 1.70. The molecule has 1 aliphatic rings. The number of anilines is 1. The highest BCUT2D eigenvalue weighted by atomic mass is 32.2. The molecule has 0 aromatic carbocycles. The van der Waals surface area contributed by atoms with Crippen LogP contribution in [0.25, 0.3) is 0 Å². The maximum Gasteiger partial charge on any atom is 0.142 e. The Labute approximate surface area is 80.7 Å². The van der Waals surface area contributed by atoms with Gasteiger partial charge in [0.2, 0.25) is 0 Å². The zero-order valence-electron chi connectivity index (χ0n) is 7.27. The lowest BCUT2D eigenvalue weighted by Crippen LogP contribution is -2.01. The molecule has 68 valence electrons. The van der Waals surface area contributed by atoms with Gasteiger partial charge in [0.05, 0.1) is 18.4 Å². The molecule has 4 nitrogen and oxygen atoms in total. The van der Waals surface area contributed by atoms with Crippen molar-refractivity contribution < 1.29 is 0 Å². The number of nitrogens with two attached hydrogens (primary N) is 1. The molecule has 0 saturated carbocycles. The second-order valence-corrected chi connectivity index (χ2v) is 3.93. The van der Waals surface area contributed by atoms with E-state index in [1.807, 2.05) is 0 Å². The Balaban J connectivity index is 2.31. The summed E-state index contributed by atoms with van der Waals surface area (Å²) in [5.74, 6) is 1.46. The maximum atomic E-state index is 5.52. The van der Waals surface area contributed by atoms with E-state index in [9.17, 15) is 0 Å². The van der Waals surface area contributed by atoms with Crippen molar-refractivity contribution in [2.75, 3.05) is 11.5 Å². The molecule has 2 heterocycles. The predicted molar refractivity (Wildman–Crippen MR) is 54.9 cm³/mol. The topological polar surface area (TPSA) is 64.2 Å². The molecule has 0 fully saturated rings. The Morgan fingerprint density at radius 3 is 3.00 bits per heavy atom. The monoisotopic (exact) mass is 194 g/mol. The third-order valence-electron chi connectivity index (χ3n) is 1.67. The molecule has 2 rings (SSSR count). The molecule has 5 heteroatoms. The van der Waals surface area contributed by atoms with Gasteiger partial charge >= 0.3 is 0 Å². The van der Waals surface area contributed by atoms with Crippen LogP contribution in [0.2, 0.25) is 0 Å². The van der Waals surface area contributed by atoms with Crippen molar-refractivity contribution in [1.29, 1.82) is 0 Å². The molecular formula is C8H10N4S. The van der Waals surface area contributed by atoms with Crippen LogP contribution in [0, 0.1) is 0 Å². The zero-order valence-corrected chi connectivity index (χ0v) is 8.08. The number of thioether (sulfide) groups is 1. The molecule has 2 N–H and O–H groups in total. The van der Waals surface area contributed by atoms with Gasteiger partial charge in [-0.25, -0.2) is 4.98 Å². The number of aromatic nitrogens is 2. The second-order valence-electron chi connectivity index (χ2n) is 2.92. The van der Waals surface area contributed by atoms with Gasteiger partial charge < -0.3 is 5.73 Å². The summed E-state index contributed by atoms with van der Waals surface area (Å²) in [6.45, 7) is 2.08. The molecule has 1 aliphatic heterocycles. The summed E-state index contributed by atoms with van der Waals surface area (Å²) < 4.78 is 0. The van der Waals surface area contributed by atoms with E-state index in [1.165, 1.54) is 6.20 Å². The van der Waals surface area contributed by atoms with E-state index >= 15 is 0 Å². The van der Waals surface area contributed by atoms with Crippen molar-refractivity contribution in [3.63, 3.8) is 0 Å². The minimum Gasteiger partial charge on any atom is -0.382 e. The Hall–Kier alpha value is -1.10. The van der Waals surface area contributed by atoms with Crippen LogP contribution in [0.1, 0.15) is 12.6 Å². The zero-order chi connectivity index (χ0) is 9.26. The molecule has 0 spiro atoms. The van der Waals surface area contributed by atoms with Crippen molar-refractivity contribution in [2.45, 2.75) is 13.0 Å². The van der Waals surface area contributed by atoms with Crippen molar-refractivity contribution in [1.82, 2.24) is 9.97 Å². The van der Waals surface area contributed by atoms with Gasteiger partial charge in [0.15, 0.2) is 0 Å².